The third-order valence-corrected chi connectivity index (χ3v) is 3.37. The number of ketones is 1. The van der Waals surface area contributed by atoms with Crippen LogP contribution in [0.3, 0.4) is 0 Å². The van der Waals surface area contributed by atoms with Gasteiger partial charge in [-0.25, -0.2) is 0 Å². The van der Waals surface area contributed by atoms with E-state index in [1.807, 2.05) is 37.4 Å². The van der Waals surface area contributed by atoms with Gasteiger partial charge in [-0.3, -0.25) is 4.79 Å². The lowest BCUT2D eigenvalue weighted by Gasteiger charge is -2.12. The van der Waals surface area contributed by atoms with Crippen LogP contribution in [0.5, 0.6) is 0 Å². The van der Waals surface area contributed by atoms with Gasteiger partial charge in [-0.05, 0) is 18.7 Å². The molecule has 0 N–H and O–H groups in total. The van der Waals surface area contributed by atoms with Crippen LogP contribution in [-0.4, -0.2) is 25.8 Å². The molecule has 0 aliphatic heterocycles. The van der Waals surface area contributed by atoms with E-state index in [1.165, 1.54) is 0 Å². The molecule has 0 radical (unpaired) electrons. The monoisotopic (exact) mass is 238 g/mol. The lowest BCUT2D eigenvalue weighted by Crippen LogP contribution is -2.14. The third kappa shape index (κ3) is 3.35. The normalized spacial score (nSPS) is 12.4. The Hall–Kier alpha value is -0.800. The summed E-state index contributed by atoms with van der Waals surface area (Å²) < 4.78 is 5.00. The first-order valence-corrected chi connectivity index (χ1v) is 6.59. The molecule has 0 spiro atoms. The first-order valence-electron chi connectivity index (χ1n) is 5.37. The van der Waals surface area contributed by atoms with E-state index in [0.29, 0.717) is 6.61 Å². The number of methoxy groups -OCH3 is 1. The summed E-state index contributed by atoms with van der Waals surface area (Å²) in [5.41, 5.74) is 0.832. The molecular formula is C13H18O2S. The van der Waals surface area contributed by atoms with Gasteiger partial charge in [0.1, 0.15) is 0 Å². The van der Waals surface area contributed by atoms with Gasteiger partial charge in [-0.1, -0.05) is 25.1 Å². The van der Waals surface area contributed by atoms with Crippen molar-refractivity contribution in [2.75, 3.05) is 20.0 Å². The van der Waals surface area contributed by atoms with Crippen LogP contribution in [0.15, 0.2) is 29.2 Å². The Morgan fingerprint density at radius 3 is 2.75 bits per heavy atom. The summed E-state index contributed by atoms with van der Waals surface area (Å²) in [5, 5.41) is 0. The quantitative estimate of drug-likeness (QED) is 0.562. The SMILES string of the molecule is COCCC(C)C(=O)c1ccccc1SC. The van der Waals surface area contributed by atoms with Crippen molar-refractivity contribution >= 4 is 17.5 Å². The number of thioether (sulfide) groups is 1. The van der Waals surface area contributed by atoms with Crippen molar-refractivity contribution in [1.29, 1.82) is 0 Å². The zero-order chi connectivity index (χ0) is 12.0. The van der Waals surface area contributed by atoms with Crippen molar-refractivity contribution < 1.29 is 9.53 Å². The summed E-state index contributed by atoms with van der Waals surface area (Å²) in [7, 11) is 1.66. The van der Waals surface area contributed by atoms with Crippen molar-refractivity contribution in [3.8, 4) is 0 Å². The molecule has 0 saturated heterocycles. The highest BCUT2D eigenvalue weighted by Crippen LogP contribution is 2.23. The number of carbonyl (C=O) groups excluding carboxylic acids is 1. The van der Waals surface area contributed by atoms with Crippen LogP contribution in [0.4, 0.5) is 0 Å². The molecule has 16 heavy (non-hydrogen) atoms. The van der Waals surface area contributed by atoms with E-state index in [1.54, 1.807) is 18.9 Å². The fraction of sp³-hybridized carbons (Fsp3) is 0.462. The zero-order valence-electron chi connectivity index (χ0n) is 10.0. The fourth-order valence-corrected chi connectivity index (χ4v) is 2.14. The Morgan fingerprint density at radius 2 is 2.12 bits per heavy atom. The van der Waals surface area contributed by atoms with Gasteiger partial charge >= 0.3 is 0 Å². The Morgan fingerprint density at radius 1 is 1.44 bits per heavy atom. The van der Waals surface area contributed by atoms with Gasteiger partial charge in [-0.2, -0.15) is 0 Å². The Labute approximate surface area is 101 Å². The largest absolute Gasteiger partial charge is 0.385 e. The van der Waals surface area contributed by atoms with E-state index in [9.17, 15) is 4.79 Å². The maximum Gasteiger partial charge on any atom is 0.166 e. The van der Waals surface area contributed by atoms with Crippen molar-refractivity contribution in [2.24, 2.45) is 5.92 Å². The van der Waals surface area contributed by atoms with Crippen molar-refractivity contribution in [3.63, 3.8) is 0 Å². The van der Waals surface area contributed by atoms with Crippen LogP contribution in [0.1, 0.15) is 23.7 Å². The average molecular weight is 238 g/mol. The molecule has 0 heterocycles. The molecule has 0 aliphatic rings. The van der Waals surface area contributed by atoms with Crippen LogP contribution < -0.4 is 0 Å². The van der Waals surface area contributed by atoms with Gasteiger partial charge in [0.2, 0.25) is 0 Å². The molecule has 1 atom stereocenters. The standard InChI is InChI=1S/C13H18O2S/c1-10(8-9-15-2)13(14)11-6-4-5-7-12(11)16-3/h4-7,10H,8-9H2,1-3H3. The Bertz CT molecular complexity index is 350. The lowest BCUT2D eigenvalue weighted by molar-refractivity contribution is 0.0891. The van der Waals surface area contributed by atoms with Gasteiger partial charge in [0.05, 0.1) is 0 Å². The molecule has 1 aromatic carbocycles. The molecule has 0 saturated carbocycles. The first kappa shape index (κ1) is 13.3. The predicted molar refractivity (Wildman–Crippen MR) is 68.2 cm³/mol. The highest BCUT2D eigenvalue weighted by Gasteiger charge is 2.17. The minimum Gasteiger partial charge on any atom is -0.385 e. The van der Waals surface area contributed by atoms with Gasteiger partial charge in [0.25, 0.3) is 0 Å². The van der Waals surface area contributed by atoms with Crippen LogP contribution in [0.25, 0.3) is 0 Å². The van der Waals surface area contributed by atoms with E-state index in [4.69, 9.17) is 4.74 Å². The lowest BCUT2D eigenvalue weighted by atomic mass is 9.97. The van der Waals surface area contributed by atoms with E-state index < -0.39 is 0 Å². The first-order chi connectivity index (χ1) is 7.70. The molecular weight excluding hydrogens is 220 g/mol. The summed E-state index contributed by atoms with van der Waals surface area (Å²) in [6.07, 6.45) is 2.77. The molecule has 88 valence electrons. The zero-order valence-corrected chi connectivity index (χ0v) is 10.8. The van der Waals surface area contributed by atoms with Crippen molar-refractivity contribution in [1.82, 2.24) is 0 Å². The average Bonchev–Trinajstić information content (AvgIpc) is 2.34. The topological polar surface area (TPSA) is 26.3 Å². The molecule has 1 aromatic rings. The fourth-order valence-electron chi connectivity index (χ4n) is 1.54. The number of hydrogen-bond acceptors (Lipinski definition) is 3. The number of carbonyl (C=O) groups is 1. The molecule has 1 rings (SSSR count). The number of rotatable bonds is 6. The molecule has 1 unspecified atom stereocenters. The number of hydrogen-bond donors (Lipinski definition) is 0. The summed E-state index contributed by atoms with van der Waals surface area (Å²) >= 11 is 1.61. The second-order valence-corrected chi connectivity index (χ2v) is 4.60. The summed E-state index contributed by atoms with van der Waals surface area (Å²) in [4.78, 5) is 13.2. The third-order valence-electron chi connectivity index (χ3n) is 2.58. The van der Waals surface area contributed by atoms with Crippen LogP contribution in [-0.2, 0) is 4.74 Å². The van der Waals surface area contributed by atoms with Crippen LogP contribution >= 0.6 is 11.8 Å². The molecule has 3 heteroatoms. The number of ether oxygens (including phenoxy) is 1. The second kappa shape index (κ2) is 6.71. The number of benzene rings is 1. The highest BCUT2D eigenvalue weighted by atomic mass is 32.2. The molecule has 0 bridgehead atoms. The van der Waals surface area contributed by atoms with Crippen LogP contribution in [0, 0.1) is 5.92 Å². The molecule has 0 aromatic heterocycles. The minimum absolute atomic E-state index is 0.0215. The van der Waals surface area contributed by atoms with Gasteiger partial charge in [0.15, 0.2) is 5.78 Å². The van der Waals surface area contributed by atoms with E-state index >= 15 is 0 Å². The summed E-state index contributed by atoms with van der Waals surface area (Å²) in [6.45, 7) is 2.59. The van der Waals surface area contributed by atoms with E-state index in [0.717, 1.165) is 16.9 Å². The van der Waals surface area contributed by atoms with Gasteiger partial charge in [-0.15, -0.1) is 11.8 Å². The maximum atomic E-state index is 12.2. The molecule has 0 amide bonds. The Kier molecular flexibility index (Phi) is 5.56. The Balaban J connectivity index is 2.79. The van der Waals surface area contributed by atoms with E-state index in [2.05, 4.69) is 0 Å². The second-order valence-electron chi connectivity index (χ2n) is 3.75. The van der Waals surface area contributed by atoms with Gasteiger partial charge in [0, 0.05) is 30.1 Å². The maximum absolute atomic E-state index is 12.2. The highest BCUT2D eigenvalue weighted by molar-refractivity contribution is 7.98. The van der Waals surface area contributed by atoms with Crippen LogP contribution in [0.2, 0.25) is 0 Å². The molecule has 0 fully saturated rings. The van der Waals surface area contributed by atoms with Crippen molar-refractivity contribution in [3.05, 3.63) is 29.8 Å². The predicted octanol–water partition coefficient (Wildman–Crippen LogP) is 3.26. The van der Waals surface area contributed by atoms with Crippen molar-refractivity contribution in [2.45, 2.75) is 18.2 Å². The molecule has 0 aliphatic carbocycles. The molecule has 2 nitrogen and oxygen atoms in total. The smallest absolute Gasteiger partial charge is 0.166 e. The van der Waals surface area contributed by atoms with E-state index in [-0.39, 0.29) is 11.7 Å². The minimum atomic E-state index is 0.0215. The number of Topliss-reactive ketones (excluding diaryl/α,β-unsaturated/α-hetero) is 1. The summed E-state index contributed by atoms with van der Waals surface area (Å²) in [5.74, 6) is 0.232. The van der Waals surface area contributed by atoms with Gasteiger partial charge < -0.3 is 4.74 Å². The summed E-state index contributed by atoms with van der Waals surface area (Å²) in [6, 6.07) is 7.76.